The van der Waals surface area contributed by atoms with Gasteiger partial charge in [-0.2, -0.15) is 0 Å². The lowest BCUT2D eigenvalue weighted by Gasteiger charge is -2.16. The first-order valence-corrected chi connectivity index (χ1v) is 6.08. The van der Waals surface area contributed by atoms with E-state index in [1.54, 1.807) is 0 Å². The van der Waals surface area contributed by atoms with Gasteiger partial charge in [-0.15, -0.1) is 0 Å². The molecule has 0 heteroatoms. The minimum Gasteiger partial charge on any atom is -0.0654 e. The van der Waals surface area contributed by atoms with Crippen LogP contribution in [0.2, 0.25) is 0 Å². The Morgan fingerprint density at radius 2 is 1.38 bits per heavy atom. The second kappa shape index (κ2) is 4.02. The van der Waals surface area contributed by atoms with Crippen molar-refractivity contribution in [1.82, 2.24) is 0 Å². The second-order valence-electron chi connectivity index (χ2n) is 5.31. The summed E-state index contributed by atoms with van der Waals surface area (Å²) in [6.45, 7) is 12.0. The van der Waals surface area contributed by atoms with Gasteiger partial charge in [0.1, 0.15) is 0 Å². The maximum absolute atomic E-state index is 2.51. The van der Waals surface area contributed by atoms with Gasteiger partial charge in [0, 0.05) is 0 Å². The molecule has 0 aromatic heterocycles. The molecule has 2 unspecified atom stereocenters. The Morgan fingerprint density at radius 3 is 1.62 bits per heavy atom. The molecule has 1 aliphatic carbocycles. The maximum Gasteiger partial charge on any atom is -0.0241 e. The van der Waals surface area contributed by atoms with Crippen LogP contribution in [0.5, 0.6) is 0 Å². The Bertz CT molecular complexity index is 145. The van der Waals surface area contributed by atoms with E-state index in [4.69, 9.17) is 0 Å². The Labute approximate surface area is 84.1 Å². The molecule has 0 bridgehead atoms. The Hall–Kier alpha value is 0. The summed E-state index contributed by atoms with van der Waals surface area (Å²) in [5.74, 6) is 2.95. The van der Waals surface area contributed by atoms with E-state index in [2.05, 4.69) is 34.6 Å². The fraction of sp³-hybridized carbons (Fsp3) is 1.00. The summed E-state index contributed by atoms with van der Waals surface area (Å²) >= 11 is 0. The Morgan fingerprint density at radius 1 is 1.00 bits per heavy atom. The molecule has 0 aliphatic heterocycles. The van der Waals surface area contributed by atoms with Crippen LogP contribution in [0, 0.1) is 23.2 Å². The molecule has 0 saturated heterocycles. The van der Waals surface area contributed by atoms with Gasteiger partial charge in [-0.1, -0.05) is 47.5 Å². The molecule has 1 saturated carbocycles. The highest BCUT2D eigenvalue weighted by atomic mass is 14.6. The van der Waals surface area contributed by atoms with Crippen LogP contribution in [0.1, 0.15) is 60.3 Å². The summed E-state index contributed by atoms with van der Waals surface area (Å²) in [7, 11) is 0. The minimum absolute atomic E-state index is 0.687. The summed E-state index contributed by atoms with van der Waals surface area (Å²) in [4.78, 5) is 0. The van der Waals surface area contributed by atoms with Crippen LogP contribution in [0.15, 0.2) is 0 Å². The monoisotopic (exact) mass is 182 g/mol. The van der Waals surface area contributed by atoms with Crippen molar-refractivity contribution in [1.29, 1.82) is 0 Å². The van der Waals surface area contributed by atoms with E-state index >= 15 is 0 Å². The average molecular weight is 182 g/mol. The van der Waals surface area contributed by atoms with Gasteiger partial charge in [-0.05, 0) is 36.0 Å². The van der Waals surface area contributed by atoms with E-state index in [1.165, 1.54) is 25.7 Å². The zero-order valence-electron chi connectivity index (χ0n) is 10.1. The van der Waals surface area contributed by atoms with E-state index in [0.717, 1.165) is 17.8 Å². The quantitative estimate of drug-likeness (QED) is 0.587. The standard InChI is InChI=1S/C13H26/c1-6-8-11-12(9-7-2)13(11,5)10(3)4/h10-12H,6-9H2,1-5H3. The molecular weight excluding hydrogens is 156 g/mol. The van der Waals surface area contributed by atoms with Crippen LogP contribution in [-0.4, -0.2) is 0 Å². The summed E-state index contributed by atoms with van der Waals surface area (Å²) in [6, 6.07) is 0. The predicted octanol–water partition coefficient (Wildman–Crippen LogP) is 4.49. The molecule has 0 radical (unpaired) electrons. The Balaban J connectivity index is 2.54. The highest BCUT2D eigenvalue weighted by molar-refractivity contribution is 5.08. The average Bonchev–Trinajstić information content (AvgIpc) is 2.62. The molecule has 1 fully saturated rings. The maximum atomic E-state index is 2.51. The molecular formula is C13H26. The largest absolute Gasteiger partial charge is 0.0654 e. The third-order valence-electron chi connectivity index (χ3n) is 4.42. The van der Waals surface area contributed by atoms with Gasteiger partial charge in [0.2, 0.25) is 0 Å². The molecule has 1 rings (SSSR count). The fourth-order valence-corrected chi connectivity index (χ4v) is 3.23. The molecule has 0 amide bonds. The fourth-order valence-electron chi connectivity index (χ4n) is 3.23. The first kappa shape index (κ1) is 11.1. The van der Waals surface area contributed by atoms with Gasteiger partial charge >= 0.3 is 0 Å². The van der Waals surface area contributed by atoms with Gasteiger partial charge in [0.05, 0.1) is 0 Å². The van der Waals surface area contributed by atoms with E-state index in [9.17, 15) is 0 Å². The van der Waals surface area contributed by atoms with Crippen molar-refractivity contribution in [3.05, 3.63) is 0 Å². The van der Waals surface area contributed by atoms with E-state index in [1.807, 2.05) is 0 Å². The molecule has 13 heavy (non-hydrogen) atoms. The molecule has 0 nitrogen and oxygen atoms in total. The third-order valence-corrected chi connectivity index (χ3v) is 4.42. The Kier molecular flexibility index (Phi) is 3.43. The topological polar surface area (TPSA) is 0 Å². The summed E-state index contributed by atoms with van der Waals surface area (Å²) in [5, 5.41) is 0. The summed E-state index contributed by atoms with van der Waals surface area (Å²) < 4.78 is 0. The van der Waals surface area contributed by atoms with E-state index < -0.39 is 0 Å². The number of hydrogen-bond donors (Lipinski definition) is 0. The minimum atomic E-state index is 0.687. The smallest absolute Gasteiger partial charge is 0.0241 e. The van der Waals surface area contributed by atoms with E-state index in [0.29, 0.717) is 5.41 Å². The molecule has 2 atom stereocenters. The van der Waals surface area contributed by atoms with Gasteiger partial charge in [-0.25, -0.2) is 0 Å². The highest BCUT2D eigenvalue weighted by Crippen LogP contribution is 2.66. The molecule has 0 heterocycles. The van der Waals surface area contributed by atoms with Crippen LogP contribution in [-0.2, 0) is 0 Å². The zero-order valence-corrected chi connectivity index (χ0v) is 10.1. The summed E-state index contributed by atoms with van der Waals surface area (Å²) in [5.41, 5.74) is 0.687. The molecule has 0 spiro atoms. The van der Waals surface area contributed by atoms with Crippen molar-refractivity contribution in [2.45, 2.75) is 60.3 Å². The normalized spacial score (nSPS) is 38.3. The lowest BCUT2D eigenvalue weighted by atomic mass is 9.89. The predicted molar refractivity (Wildman–Crippen MR) is 59.7 cm³/mol. The lowest BCUT2D eigenvalue weighted by Crippen LogP contribution is -2.09. The molecule has 1 aliphatic rings. The van der Waals surface area contributed by atoms with Gasteiger partial charge in [0.25, 0.3) is 0 Å². The lowest BCUT2D eigenvalue weighted by molar-refractivity contribution is 0.327. The van der Waals surface area contributed by atoms with Crippen molar-refractivity contribution >= 4 is 0 Å². The molecule has 0 aromatic rings. The molecule has 0 N–H and O–H groups in total. The van der Waals surface area contributed by atoms with Gasteiger partial charge in [0.15, 0.2) is 0 Å². The van der Waals surface area contributed by atoms with Crippen molar-refractivity contribution in [2.24, 2.45) is 23.2 Å². The SMILES string of the molecule is CCCC1C(CCC)C1(C)C(C)C. The van der Waals surface area contributed by atoms with Crippen LogP contribution in [0.3, 0.4) is 0 Å². The number of hydrogen-bond acceptors (Lipinski definition) is 0. The van der Waals surface area contributed by atoms with Gasteiger partial charge < -0.3 is 0 Å². The van der Waals surface area contributed by atoms with Crippen LogP contribution in [0.4, 0.5) is 0 Å². The van der Waals surface area contributed by atoms with Crippen LogP contribution in [0.25, 0.3) is 0 Å². The van der Waals surface area contributed by atoms with Crippen molar-refractivity contribution < 1.29 is 0 Å². The van der Waals surface area contributed by atoms with E-state index in [-0.39, 0.29) is 0 Å². The highest BCUT2D eigenvalue weighted by Gasteiger charge is 2.60. The zero-order chi connectivity index (χ0) is 10.1. The second-order valence-corrected chi connectivity index (χ2v) is 5.31. The molecule has 78 valence electrons. The van der Waals surface area contributed by atoms with Crippen LogP contribution >= 0.6 is 0 Å². The van der Waals surface area contributed by atoms with Gasteiger partial charge in [-0.3, -0.25) is 0 Å². The third kappa shape index (κ3) is 1.78. The molecule has 0 aromatic carbocycles. The summed E-state index contributed by atoms with van der Waals surface area (Å²) in [6.07, 6.45) is 5.65. The first-order chi connectivity index (χ1) is 6.08. The first-order valence-electron chi connectivity index (χ1n) is 6.08. The number of rotatable bonds is 5. The van der Waals surface area contributed by atoms with Crippen LogP contribution < -0.4 is 0 Å². The van der Waals surface area contributed by atoms with Crippen molar-refractivity contribution in [3.8, 4) is 0 Å². The van der Waals surface area contributed by atoms with Crippen molar-refractivity contribution in [2.75, 3.05) is 0 Å². The van der Waals surface area contributed by atoms with Crippen molar-refractivity contribution in [3.63, 3.8) is 0 Å².